The van der Waals surface area contributed by atoms with Crippen LogP contribution in [0.15, 0.2) is 6.07 Å². The molecule has 1 aromatic rings. The number of aliphatic hydroxyl groups excluding tert-OH is 1. The predicted octanol–water partition coefficient (Wildman–Crippen LogP) is 2.32. The van der Waals surface area contributed by atoms with E-state index in [1.54, 1.807) is 0 Å². The van der Waals surface area contributed by atoms with Gasteiger partial charge < -0.3 is 10.0 Å². The molecule has 0 spiro atoms. The number of piperidine rings is 1. The molecule has 1 atom stereocenters. The van der Waals surface area contributed by atoms with Crippen LogP contribution in [0.3, 0.4) is 0 Å². The first-order valence-corrected chi connectivity index (χ1v) is 7.83. The summed E-state index contributed by atoms with van der Waals surface area (Å²) in [6.45, 7) is 9.12. The van der Waals surface area contributed by atoms with Crippen molar-refractivity contribution in [2.24, 2.45) is 0 Å². The van der Waals surface area contributed by atoms with Crippen LogP contribution in [-0.4, -0.2) is 44.9 Å². The molecular weight excluding hydrogens is 266 g/mol. The van der Waals surface area contributed by atoms with Gasteiger partial charge in [0.15, 0.2) is 5.69 Å². The van der Waals surface area contributed by atoms with Gasteiger partial charge in [0.25, 0.3) is 5.91 Å². The van der Waals surface area contributed by atoms with Crippen LogP contribution in [0.4, 0.5) is 0 Å². The molecule has 5 nitrogen and oxygen atoms in total. The van der Waals surface area contributed by atoms with Gasteiger partial charge >= 0.3 is 0 Å². The van der Waals surface area contributed by atoms with Gasteiger partial charge in [0.1, 0.15) is 0 Å². The minimum atomic E-state index is -0.130. The smallest absolute Gasteiger partial charge is 0.274 e. The fourth-order valence-corrected chi connectivity index (χ4v) is 3.12. The van der Waals surface area contributed by atoms with Crippen molar-refractivity contribution in [3.8, 4) is 0 Å². The third-order valence-corrected chi connectivity index (χ3v) is 4.09. The van der Waals surface area contributed by atoms with Gasteiger partial charge in [-0.15, -0.1) is 0 Å². The van der Waals surface area contributed by atoms with Crippen molar-refractivity contribution >= 4 is 5.91 Å². The summed E-state index contributed by atoms with van der Waals surface area (Å²) in [6, 6.07) is 2.02. The third-order valence-electron chi connectivity index (χ3n) is 4.09. The zero-order valence-corrected chi connectivity index (χ0v) is 13.6. The summed E-state index contributed by atoms with van der Waals surface area (Å²) < 4.78 is 1.91. The lowest BCUT2D eigenvalue weighted by Gasteiger charge is -2.35. The molecule has 1 fully saturated rings. The maximum atomic E-state index is 12.7. The topological polar surface area (TPSA) is 58.4 Å². The van der Waals surface area contributed by atoms with Crippen LogP contribution in [0.25, 0.3) is 0 Å². The van der Waals surface area contributed by atoms with Crippen LogP contribution < -0.4 is 0 Å². The van der Waals surface area contributed by atoms with E-state index in [1.165, 1.54) is 0 Å². The summed E-state index contributed by atoms with van der Waals surface area (Å²) in [5, 5.41) is 13.7. The summed E-state index contributed by atoms with van der Waals surface area (Å²) in [5.41, 5.74) is 1.39. The Morgan fingerprint density at radius 1 is 1.43 bits per heavy atom. The van der Waals surface area contributed by atoms with Crippen LogP contribution in [0.2, 0.25) is 0 Å². The number of rotatable bonds is 3. The summed E-state index contributed by atoms with van der Waals surface area (Å²) in [5.74, 6) is -0.000694. The van der Waals surface area contributed by atoms with E-state index in [9.17, 15) is 9.90 Å². The first kappa shape index (κ1) is 16.0. The molecule has 5 heteroatoms. The monoisotopic (exact) mass is 293 g/mol. The maximum Gasteiger partial charge on any atom is 0.274 e. The minimum Gasteiger partial charge on any atom is -0.396 e. The maximum absolute atomic E-state index is 12.7. The molecule has 0 bridgehead atoms. The Morgan fingerprint density at radius 3 is 2.71 bits per heavy atom. The molecule has 2 rings (SSSR count). The van der Waals surface area contributed by atoms with Crippen LogP contribution in [-0.2, 0) is 5.54 Å². The first-order valence-electron chi connectivity index (χ1n) is 7.83. The Labute approximate surface area is 126 Å². The number of aryl methyl sites for hydroxylation is 1. The van der Waals surface area contributed by atoms with Crippen molar-refractivity contribution in [1.29, 1.82) is 0 Å². The molecule has 0 radical (unpaired) electrons. The van der Waals surface area contributed by atoms with Crippen molar-refractivity contribution in [1.82, 2.24) is 14.7 Å². The van der Waals surface area contributed by atoms with Gasteiger partial charge in [0.2, 0.25) is 0 Å². The molecule has 1 aliphatic rings. The molecule has 1 N–H and O–H groups in total. The fraction of sp³-hybridized carbons (Fsp3) is 0.750. The molecule has 1 unspecified atom stereocenters. The molecule has 1 amide bonds. The Kier molecular flexibility index (Phi) is 4.71. The van der Waals surface area contributed by atoms with Crippen LogP contribution >= 0.6 is 0 Å². The highest BCUT2D eigenvalue weighted by atomic mass is 16.3. The highest BCUT2D eigenvalue weighted by molar-refractivity contribution is 5.92. The molecule has 0 saturated carbocycles. The van der Waals surface area contributed by atoms with E-state index in [1.807, 2.05) is 22.6 Å². The number of likely N-dealkylation sites (tertiary alicyclic amines) is 1. The highest BCUT2D eigenvalue weighted by Crippen LogP contribution is 2.23. The second kappa shape index (κ2) is 6.18. The molecule has 1 aromatic heterocycles. The Hall–Kier alpha value is -1.36. The molecule has 2 heterocycles. The summed E-state index contributed by atoms with van der Waals surface area (Å²) in [7, 11) is 0. The number of nitrogens with zero attached hydrogens (tertiary/aromatic N) is 3. The van der Waals surface area contributed by atoms with Gasteiger partial charge in [-0.05, 0) is 59.4 Å². The summed E-state index contributed by atoms with van der Waals surface area (Å²) in [6.07, 6.45) is 3.80. The standard InChI is InChI=1S/C16H27N3O2/c1-12-11-14(17-19(12)16(2,3)4)15(21)18-9-6-5-7-13(18)8-10-20/h11,13,20H,5-10H2,1-4H3. The zero-order chi connectivity index (χ0) is 15.6. The second-order valence-electron chi connectivity index (χ2n) is 6.91. The van der Waals surface area contributed by atoms with Gasteiger partial charge in [0.05, 0.1) is 5.54 Å². The van der Waals surface area contributed by atoms with E-state index in [0.29, 0.717) is 12.1 Å². The quantitative estimate of drug-likeness (QED) is 0.930. The van der Waals surface area contributed by atoms with Crippen molar-refractivity contribution in [3.63, 3.8) is 0 Å². The Morgan fingerprint density at radius 2 is 2.14 bits per heavy atom. The first-order chi connectivity index (χ1) is 9.84. The average Bonchev–Trinajstić information content (AvgIpc) is 2.81. The molecule has 21 heavy (non-hydrogen) atoms. The molecule has 118 valence electrons. The van der Waals surface area contributed by atoms with Gasteiger partial charge in [-0.25, -0.2) is 0 Å². The van der Waals surface area contributed by atoms with Gasteiger partial charge in [0, 0.05) is 24.9 Å². The van der Waals surface area contributed by atoms with E-state index in [0.717, 1.165) is 31.5 Å². The lowest BCUT2D eigenvalue weighted by Crippen LogP contribution is -2.44. The number of aromatic nitrogens is 2. The largest absolute Gasteiger partial charge is 0.396 e. The number of aliphatic hydroxyl groups is 1. The number of carbonyl (C=O) groups excluding carboxylic acids is 1. The van der Waals surface area contributed by atoms with Crippen LogP contribution in [0, 0.1) is 6.92 Å². The van der Waals surface area contributed by atoms with Crippen LogP contribution in [0.5, 0.6) is 0 Å². The fourth-order valence-electron chi connectivity index (χ4n) is 3.12. The van der Waals surface area contributed by atoms with E-state index in [-0.39, 0.29) is 24.1 Å². The molecule has 1 saturated heterocycles. The lowest BCUT2D eigenvalue weighted by molar-refractivity contribution is 0.0567. The van der Waals surface area contributed by atoms with Crippen molar-refractivity contribution in [2.75, 3.05) is 13.2 Å². The van der Waals surface area contributed by atoms with Gasteiger partial charge in [-0.1, -0.05) is 0 Å². The zero-order valence-electron chi connectivity index (χ0n) is 13.6. The SMILES string of the molecule is Cc1cc(C(=O)N2CCCCC2CCO)nn1C(C)(C)C. The van der Waals surface area contributed by atoms with Crippen molar-refractivity contribution < 1.29 is 9.90 Å². The average molecular weight is 293 g/mol. The predicted molar refractivity (Wildman–Crippen MR) is 82.3 cm³/mol. The number of hydrogen-bond acceptors (Lipinski definition) is 3. The summed E-state index contributed by atoms with van der Waals surface area (Å²) in [4.78, 5) is 14.6. The van der Waals surface area contributed by atoms with E-state index >= 15 is 0 Å². The van der Waals surface area contributed by atoms with Crippen LogP contribution in [0.1, 0.15) is 62.6 Å². The van der Waals surface area contributed by atoms with E-state index < -0.39 is 0 Å². The van der Waals surface area contributed by atoms with Gasteiger partial charge in [-0.2, -0.15) is 5.10 Å². The normalized spacial score (nSPS) is 19.9. The summed E-state index contributed by atoms with van der Waals surface area (Å²) >= 11 is 0. The number of carbonyl (C=O) groups is 1. The molecule has 0 aliphatic carbocycles. The van der Waals surface area contributed by atoms with E-state index in [4.69, 9.17) is 0 Å². The number of amides is 1. The minimum absolute atomic E-state index is 0.000694. The van der Waals surface area contributed by atoms with Crippen molar-refractivity contribution in [3.05, 3.63) is 17.5 Å². The molecule has 0 aromatic carbocycles. The molecule has 1 aliphatic heterocycles. The molecular formula is C16H27N3O2. The third kappa shape index (κ3) is 3.46. The Bertz CT molecular complexity index is 500. The lowest BCUT2D eigenvalue weighted by atomic mass is 9.99. The van der Waals surface area contributed by atoms with E-state index in [2.05, 4.69) is 25.9 Å². The number of hydrogen-bond donors (Lipinski definition) is 1. The Balaban J connectivity index is 2.22. The highest BCUT2D eigenvalue weighted by Gasteiger charge is 2.29. The van der Waals surface area contributed by atoms with Crippen molar-refractivity contribution in [2.45, 2.75) is 65.0 Å². The second-order valence-corrected chi connectivity index (χ2v) is 6.91. The van der Waals surface area contributed by atoms with Gasteiger partial charge in [-0.3, -0.25) is 9.48 Å².